The number of rotatable bonds is 5. The van der Waals surface area contributed by atoms with Gasteiger partial charge < -0.3 is 9.84 Å². The summed E-state index contributed by atoms with van der Waals surface area (Å²) in [6.45, 7) is 8.32. The number of fused-ring (bicyclic) bond motifs is 2. The second-order valence-corrected chi connectivity index (χ2v) is 7.94. The quantitative estimate of drug-likeness (QED) is 0.353. The van der Waals surface area contributed by atoms with Crippen molar-refractivity contribution in [2.45, 2.75) is 39.5 Å². The van der Waals surface area contributed by atoms with E-state index in [2.05, 4.69) is 6.58 Å². The highest BCUT2D eigenvalue weighted by Crippen LogP contribution is 2.59. The maximum absolute atomic E-state index is 13.0. The third-order valence-corrected chi connectivity index (χ3v) is 6.25. The topological polar surface area (TPSA) is 80.7 Å². The molecule has 0 aromatic carbocycles. The number of ketones is 2. The van der Waals surface area contributed by atoms with Gasteiger partial charge in [-0.05, 0) is 25.2 Å². The molecule has 3 aliphatic carbocycles. The minimum Gasteiger partial charge on any atom is -0.507 e. The fourth-order valence-electron chi connectivity index (χ4n) is 5.07. The van der Waals surface area contributed by atoms with E-state index in [9.17, 15) is 19.5 Å². The van der Waals surface area contributed by atoms with Crippen molar-refractivity contribution in [3.63, 3.8) is 0 Å². The van der Waals surface area contributed by atoms with Crippen molar-refractivity contribution >= 4 is 18.0 Å². The summed E-state index contributed by atoms with van der Waals surface area (Å²) in [5, 5.41) is 10.6. The second-order valence-electron chi connectivity index (χ2n) is 7.94. The van der Waals surface area contributed by atoms with Gasteiger partial charge in [-0.2, -0.15) is 0 Å². The molecule has 0 heterocycles. The van der Waals surface area contributed by atoms with E-state index in [1.165, 1.54) is 6.08 Å². The monoisotopic (exact) mass is 356 g/mol. The number of carbonyl (C=O) groups is 3. The average Bonchev–Trinajstić information content (AvgIpc) is 2.61. The molecule has 3 atom stereocenters. The van der Waals surface area contributed by atoms with Gasteiger partial charge in [0.1, 0.15) is 5.76 Å². The molecule has 0 radical (unpaired) electrons. The van der Waals surface area contributed by atoms with Crippen molar-refractivity contribution in [3.05, 3.63) is 47.3 Å². The number of hydrogen-bond donors (Lipinski definition) is 1. The predicted molar refractivity (Wildman–Crippen MR) is 96.2 cm³/mol. The Hall–Kier alpha value is -2.43. The SMILES string of the molecule is C=CCC1=C(O)C2=C(C(=O)C1=O)[C@@]1(C)CCC[C@](C)(COC=O)[C@@H]1C=C2. The lowest BCUT2D eigenvalue weighted by molar-refractivity contribution is -0.137. The Morgan fingerprint density at radius 3 is 2.69 bits per heavy atom. The van der Waals surface area contributed by atoms with Gasteiger partial charge in [0.25, 0.3) is 6.47 Å². The Labute approximate surface area is 153 Å². The zero-order valence-electron chi connectivity index (χ0n) is 15.2. The summed E-state index contributed by atoms with van der Waals surface area (Å²) in [6.07, 6.45) is 7.86. The summed E-state index contributed by atoms with van der Waals surface area (Å²) in [5.41, 5.74) is 0.0536. The lowest BCUT2D eigenvalue weighted by Gasteiger charge is -2.53. The van der Waals surface area contributed by atoms with Gasteiger partial charge in [-0.15, -0.1) is 6.58 Å². The first-order valence-electron chi connectivity index (χ1n) is 8.91. The first kappa shape index (κ1) is 18.4. The lowest BCUT2D eigenvalue weighted by atomic mass is 9.50. The van der Waals surface area contributed by atoms with Crippen LogP contribution in [-0.2, 0) is 19.1 Å². The van der Waals surface area contributed by atoms with Crippen molar-refractivity contribution in [1.29, 1.82) is 0 Å². The number of Topliss-reactive ketones (excluding diaryl/α,β-unsaturated/α-hetero) is 2. The standard InChI is InChI=1S/C21H24O5/c1-4-6-14-17(23)13-7-8-15-20(2,11-26-12-22)9-5-10-21(15,3)16(13)19(25)18(14)24/h4,7-8,12,15,23H,1,5-6,9-11H2,2-3H3/t15-,20+,21-/m0/s1. The summed E-state index contributed by atoms with van der Waals surface area (Å²) in [6, 6.07) is 0. The van der Waals surface area contributed by atoms with Gasteiger partial charge >= 0.3 is 0 Å². The molecule has 0 amide bonds. The molecule has 5 nitrogen and oxygen atoms in total. The first-order chi connectivity index (χ1) is 12.3. The summed E-state index contributed by atoms with van der Waals surface area (Å²) < 4.78 is 5.07. The minimum absolute atomic E-state index is 0.0621. The van der Waals surface area contributed by atoms with Crippen molar-refractivity contribution in [2.24, 2.45) is 16.7 Å². The molecular weight excluding hydrogens is 332 g/mol. The maximum Gasteiger partial charge on any atom is 0.293 e. The highest BCUT2D eigenvalue weighted by Gasteiger charge is 2.55. The van der Waals surface area contributed by atoms with Gasteiger partial charge in [0, 0.05) is 27.5 Å². The molecule has 3 rings (SSSR count). The van der Waals surface area contributed by atoms with Crippen LogP contribution in [0, 0.1) is 16.7 Å². The average molecular weight is 356 g/mol. The van der Waals surface area contributed by atoms with Crippen molar-refractivity contribution in [1.82, 2.24) is 0 Å². The number of carbonyl (C=O) groups excluding carboxylic acids is 3. The van der Waals surface area contributed by atoms with E-state index in [0.717, 1.165) is 19.3 Å². The third-order valence-electron chi connectivity index (χ3n) is 6.25. The zero-order chi connectivity index (χ0) is 19.1. The van der Waals surface area contributed by atoms with Crippen LogP contribution < -0.4 is 0 Å². The largest absolute Gasteiger partial charge is 0.507 e. The Morgan fingerprint density at radius 1 is 1.31 bits per heavy atom. The molecule has 0 unspecified atom stereocenters. The number of allylic oxidation sites excluding steroid dienone is 5. The Morgan fingerprint density at radius 2 is 2.04 bits per heavy atom. The molecule has 0 aliphatic heterocycles. The van der Waals surface area contributed by atoms with Crippen LogP contribution in [0.15, 0.2) is 47.3 Å². The Bertz CT molecular complexity index is 784. The summed E-state index contributed by atoms with van der Waals surface area (Å²) >= 11 is 0. The van der Waals surface area contributed by atoms with Gasteiger partial charge in [0.2, 0.25) is 11.6 Å². The molecule has 0 bridgehead atoms. The van der Waals surface area contributed by atoms with Gasteiger partial charge in [-0.3, -0.25) is 14.4 Å². The summed E-state index contributed by atoms with van der Waals surface area (Å²) in [4.78, 5) is 36.3. The van der Waals surface area contributed by atoms with Gasteiger partial charge in [0.15, 0.2) is 0 Å². The van der Waals surface area contributed by atoms with E-state index in [4.69, 9.17) is 4.74 Å². The fourth-order valence-corrected chi connectivity index (χ4v) is 5.07. The van der Waals surface area contributed by atoms with Crippen molar-refractivity contribution in [3.8, 4) is 0 Å². The maximum atomic E-state index is 13.0. The normalized spacial score (nSPS) is 33.7. The van der Waals surface area contributed by atoms with Crippen LogP contribution in [0.4, 0.5) is 0 Å². The number of ether oxygens (including phenoxy) is 1. The molecule has 138 valence electrons. The first-order valence-corrected chi connectivity index (χ1v) is 8.91. The van der Waals surface area contributed by atoms with Crippen LogP contribution in [0.5, 0.6) is 0 Å². The molecule has 1 saturated carbocycles. The van der Waals surface area contributed by atoms with Crippen LogP contribution in [0.3, 0.4) is 0 Å². The van der Waals surface area contributed by atoms with Crippen molar-refractivity contribution in [2.75, 3.05) is 6.61 Å². The zero-order valence-corrected chi connectivity index (χ0v) is 15.2. The summed E-state index contributed by atoms with van der Waals surface area (Å²) in [7, 11) is 0. The lowest BCUT2D eigenvalue weighted by Crippen LogP contribution is -2.50. The number of aliphatic hydroxyl groups is 1. The second kappa shape index (κ2) is 6.38. The molecule has 0 saturated heterocycles. The van der Waals surface area contributed by atoms with Crippen molar-refractivity contribution < 1.29 is 24.2 Å². The molecule has 1 N–H and O–H groups in total. The van der Waals surface area contributed by atoms with Gasteiger partial charge in [-0.25, -0.2) is 0 Å². The highest BCUT2D eigenvalue weighted by atomic mass is 16.5. The van der Waals surface area contributed by atoms with E-state index in [-0.39, 0.29) is 35.7 Å². The van der Waals surface area contributed by atoms with Gasteiger partial charge in [0.05, 0.1) is 6.61 Å². The van der Waals surface area contributed by atoms with E-state index < -0.39 is 17.0 Å². The van der Waals surface area contributed by atoms with E-state index in [0.29, 0.717) is 17.6 Å². The van der Waals surface area contributed by atoms with Crippen LogP contribution in [-0.4, -0.2) is 29.8 Å². The fraction of sp³-hybridized carbons (Fsp3) is 0.476. The highest BCUT2D eigenvalue weighted by molar-refractivity contribution is 6.50. The number of hydrogen-bond acceptors (Lipinski definition) is 5. The molecule has 0 aromatic heterocycles. The van der Waals surface area contributed by atoms with E-state index in [1.807, 2.05) is 19.9 Å². The Balaban J connectivity index is 2.13. The van der Waals surface area contributed by atoms with Gasteiger partial charge in [-0.1, -0.05) is 38.5 Å². The molecule has 0 spiro atoms. The van der Waals surface area contributed by atoms with Crippen LogP contribution in [0.2, 0.25) is 0 Å². The molecule has 0 aromatic rings. The minimum atomic E-state index is -0.646. The molecule has 26 heavy (non-hydrogen) atoms. The van der Waals surface area contributed by atoms with Crippen LogP contribution >= 0.6 is 0 Å². The molecule has 5 heteroatoms. The Kier molecular flexibility index (Phi) is 4.51. The van der Waals surface area contributed by atoms with Crippen LogP contribution in [0.1, 0.15) is 39.5 Å². The molecule has 3 aliphatic rings. The van der Waals surface area contributed by atoms with E-state index >= 15 is 0 Å². The smallest absolute Gasteiger partial charge is 0.293 e. The van der Waals surface area contributed by atoms with Crippen LogP contribution in [0.25, 0.3) is 0 Å². The number of aliphatic hydroxyl groups excluding tert-OH is 1. The third kappa shape index (κ3) is 2.49. The molecule has 1 fully saturated rings. The summed E-state index contributed by atoms with van der Waals surface area (Å²) in [5.74, 6) is -1.36. The molecular formula is C21H24O5. The predicted octanol–water partition coefficient (Wildman–Crippen LogP) is 3.38. The van der Waals surface area contributed by atoms with E-state index in [1.54, 1.807) is 6.08 Å².